The van der Waals surface area contributed by atoms with Gasteiger partial charge in [-0.2, -0.15) is 0 Å². The molecule has 4 nitrogen and oxygen atoms in total. The summed E-state index contributed by atoms with van der Waals surface area (Å²) in [5, 5.41) is 1.13. The minimum absolute atomic E-state index is 0.0133. The van der Waals surface area contributed by atoms with Gasteiger partial charge in [-0.25, -0.2) is 9.78 Å². The van der Waals surface area contributed by atoms with Gasteiger partial charge in [0, 0.05) is 29.2 Å². The van der Waals surface area contributed by atoms with Crippen LogP contribution in [0.15, 0.2) is 35.1 Å². The molecule has 0 saturated heterocycles. The van der Waals surface area contributed by atoms with E-state index in [-0.39, 0.29) is 5.69 Å². The largest absolute Gasteiger partial charge is 0.330 e. The molecule has 1 aromatic carbocycles. The molecule has 2 aromatic heterocycles. The minimum Gasteiger partial charge on any atom is -0.290 e. The van der Waals surface area contributed by atoms with E-state index in [0.717, 1.165) is 23.3 Å². The lowest BCUT2D eigenvalue weighted by molar-refractivity contribution is 0.609. The van der Waals surface area contributed by atoms with E-state index in [1.165, 1.54) is 12.8 Å². The molecule has 0 unspecified atom stereocenters. The van der Waals surface area contributed by atoms with Gasteiger partial charge in [-0.1, -0.05) is 23.2 Å². The topological polar surface area (TPSA) is 39.8 Å². The average Bonchev–Trinajstić information content (AvgIpc) is 3.30. The zero-order valence-corrected chi connectivity index (χ0v) is 14.1. The van der Waals surface area contributed by atoms with Crippen LogP contribution in [0, 0.1) is 5.92 Å². The molecule has 1 aliphatic rings. The SMILES string of the molecule is Cn1c(=O)n(CC2CC2)c2ccc(-c3cc(Cl)cc(Cl)c3)nc21. The number of pyridine rings is 1. The second kappa shape index (κ2) is 5.39. The van der Waals surface area contributed by atoms with E-state index in [4.69, 9.17) is 23.2 Å². The molecule has 2 heterocycles. The molecule has 6 heteroatoms. The molecule has 0 radical (unpaired) electrons. The Balaban J connectivity index is 1.87. The first kappa shape index (κ1) is 14.8. The van der Waals surface area contributed by atoms with Crippen LogP contribution in [0.4, 0.5) is 0 Å². The van der Waals surface area contributed by atoms with Crippen molar-refractivity contribution in [2.45, 2.75) is 19.4 Å². The Morgan fingerprint density at radius 1 is 1.17 bits per heavy atom. The molecule has 0 bridgehead atoms. The standard InChI is InChI=1S/C17H15Cl2N3O/c1-21-16-15(22(17(21)23)9-10-2-3-10)5-4-14(20-16)11-6-12(18)8-13(19)7-11/h4-8,10H,2-3,9H2,1H3. The van der Waals surface area contributed by atoms with Gasteiger partial charge in [0.15, 0.2) is 5.65 Å². The first-order valence-corrected chi connectivity index (χ1v) is 8.31. The van der Waals surface area contributed by atoms with Crippen LogP contribution in [-0.2, 0) is 13.6 Å². The zero-order chi connectivity index (χ0) is 16.1. The van der Waals surface area contributed by atoms with Gasteiger partial charge < -0.3 is 0 Å². The minimum atomic E-state index is -0.0133. The third kappa shape index (κ3) is 2.66. The van der Waals surface area contributed by atoms with Gasteiger partial charge in [0.25, 0.3) is 0 Å². The van der Waals surface area contributed by atoms with E-state index in [0.29, 0.717) is 21.6 Å². The predicted octanol–water partition coefficient (Wildman–Crippen LogP) is 4.12. The molecule has 3 aromatic rings. The first-order chi connectivity index (χ1) is 11.0. The molecular formula is C17H15Cl2N3O. The number of rotatable bonds is 3. The molecule has 0 N–H and O–H groups in total. The fourth-order valence-electron chi connectivity index (χ4n) is 2.87. The van der Waals surface area contributed by atoms with E-state index in [1.807, 2.05) is 28.8 Å². The number of hydrogen-bond acceptors (Lipinski definition) is 2. The third-order valence-electron chi connectivity index (χ3n) is 4.28. The van der Waals surface area contributed by atoms with Crippen LogP contribution in [0.1, 0.15) is 12.8 Å². The van der Waals surface area contributed by atoms with Crippen LogP contribution >= 0.6 is 23.2 Å². The van der Waals surface area contributed by atoms with Crippen molar-refractivity contribution < 1.29 is 0 Å². The molecule has 0 atom stereocenters. The second-order valence-corrected chi connectivity index (χ2v) is 6.97. The lowest BCUT2D eigenvalue weighted by Crippen LogP contribution is -2.22. The van der Waals surface area contributed by atoms with Gasteiger partial charge in [-0.3, -0.25) is 9.13 Å². The molecule has 1 fully saturated rings. The van der Waals surface area contributed by atoms with E-state index in [2.05, 4.69) is 4.98 Å². The van der Waals surface area contributed by atoms with Gasteiger partial charge in [0.2, 0.25) is 0 Å². The van der Waals surface area contributed by atoms with Crippen LogP contribution < -0.4 is 5.69 Å². The van der Waals surface area contributed by atoms with Crippen molar-refractivity contribution in [3.63, 3.8) is 0 Å². The van der Waals surface area contributed by atoms with Gasteiger partial charge >= 0.3 is 5.69 Å². The number of nitrogens with zero attached hydrogens (tertiary/aromatic N) is 3. The molecular weight excluding hydrogens is 333 g/mol. The highest BCUT2D eigenvalue weighted by atomic mass is 35.5. The van der Waals surface area contributed by atoms with E-state index < -0.39 is 0 Å². The molecule has 1 aliphatic carbocycles. The third-order valence-corrected chi connectivity index (χ3v) is 4.71. The summed E-state index contributed by atoms with van der Waals surface area (Å²) >= 11 is 12.1. The predicted molar refractivity (Wildman–Crippen MR) is 93.2 cm³/mol. The van der Waals surface area contributed by atoms with Crippen LogP contribution in [0.3, 0.4) is 0 Å². The highest BCUT2D eigenvalue weighted by molar-refractivity contribution is 6.35. The monoisotopic (exact) mass is 347 g/mol. The van der Waals surface area contributed by atoms with Crippen LogP contribution in [-0.4, -0.2) is 14.1 Å². The van der Waals surface area contributed by atoms with Crippen LogP contribution in [0.2, 0.25) is 10.0 Å². The summed E-state index contributed by atoms with van der Waals surface area (Å²) in [5.74, 6) is 0.629. The second-order valence-electron chi connectivity index (χ2n) is 6.09. The van der Waals surface area contributed by atoms with Crippen molar-refractivity contribution >= 4 is 34.4 Å². The number of hydrogen-bond donors (Lipinski definition) is 0. The number of halogens is 2. The molecule has 0 aliphatic heterocycles. The summed E-state index contributed by atoms with van der Waals surface area (Å²) in [6.07, 6.45) is 2.41. The van der Waals surface area contributed by atoms with Crippen molar-refractivity contribution in [1.82, 2.24) is 14.1 Å². The van der Waals surface area contributed by atoms with Crippen LogP contribution in [0.25, 0.3) is 22.4 Å². The Morgan fingerprint density at radius 2 is 1.87 bits per heavy atom. The number of benzene rings is 1. The quantitative estimate of drug-likeness (QED) is 0.714. The normalized spacial score (nSPS) is 14.6. The molecule has 23 heavy (non-hydrogen) atoms. The Hall–Kier alpha value is -1.78. The Morgan fingerprint density at radius 3 is 2.52 bits per heavy atom. The molecule has 4 rings (SSSR count). The highest BCUT2D eigenvalue weighted by Gasteiger charge is 2.24. The summed E-state index contributed by atoms with van der Waals surface area (Å²) in [7, 11) is 1.76. The Bertz CT molecular complexity index is 950. The van der Waals surface area contributed by atoms with E-state index >= 15 is 0 Å². The van der Waals surface area contributed by atoms with Gasteiger partial charge in [0.05, 0.1) is 11.2 Å². The number of aromatic nitrogens is 3. The van der Waals surface area contributed by atoms with Crippen molar-refractivity contribution in [1.29, 1.82) is 0 Å². The van der Waals surface area contributed by atoms with Crippen molar-refractivity contribution in [2.75, 3.05) is 0 Å². The maximum atomic E-state index is 12.5. The van der Waals surface area contributed by atoms with Crippen molar-refractivity contribution in [3.8, 4) is 11.3 Å². The first-order valence-electron chi connectivity index (χ1n) is 7.55. The fraction of sp³-hybridized carbons (Fsp3) is 0.294. The van der Waals surface area contributed by atoms with Gasteiger partial charge in [-0.05, 0) is 49.1 Å². The summed E-state index contributed by atoms with van der Waals surface area (Å²) < 4.78 is 3.43. The lowest BCUT2D eigenvalue weighted by atomic mass is 10.1. The maximum absolute atomic E-state index is 12.5. The Labute approximate surface area is 143 Å². The fourth-order valence-corrected chi connectivity index (χ4v) is 3.40. The Kier molecular flexibility index (Phi) is 3.47. The van der Waals surface area contributed by atoms with Crippen LogP contribution in [0.5, 0.6) is 0 Å². The number of aryl methyl sites for hydroxylation is 1. The summed E-state index contributed by atoms with van der Waals surface area (Å²) in [6.45, 7) is 0.778. The smallest absolute Gasteiger partial charge is 0.290 e. The van der Waals surface area contributed by atoms with Gasteiger partial charge in [0.1, 0.15) is 0 Å². The molecule has 0 amide bonds. The van der Waals surface area contributed by atoms with E-state index in [9.17, 15) is 4.79 Å². The molecule has 118 valence electrons. The van der Waals surface area contributed by atoms with Crippen molar-refractivity contribution in [3.05, 3.63) is 50.9 Å². The molecule has 1 saturated carbocycles. The van der Waals surface area contributed by atoms with E-state index in [1.54, 1.807) is 17.7 Å². The summed E-state index contributed by atoms with van der Waals surface area (Å²) in [6, 6.07) is 9.19. The number of imidazole rings is 1. The average molecular weight is 348 g/mol. The van der Waals surface area contributed by atoms with Crippen molar-refractivity contribution in [2.24, 2.45) is 13.0 Å². The summed E-state index contributed by atoms with van der Waals surface area (Å²) in [5.41, 5.74) is 3.14. The summed E-state index contributed by atoms with van der Waals surface area (Å²) in [4.78, 5) is 17.1. The maximum Gasteiger partial charge on any atom is 0.330 e. The number of fused-ring (bicyclic) bond motifs is 1. The van der Waals surface area contributed by atoms with Gasteiger partial charge in [-0.15, -0.1) is 0 Å². The zero-order valence-electron chi connectivity index (χ0n) is 12.6. The molecule has 0 spiro atoms. The highest BCUT2D eigenvalue weighted by Crippen LogP contribution is 2.32. The lowest BCUT2D eigenvalue weighted by Gasteiger charge is -2.05.